The van der Waals surface area contributed by atoms with Crippen LogP contribution in [-0.4, -0.2) is 34.5 Å². The molecule has 7 nitrogen and oxygen atoms in total. The molecule has 11 heteroatoms. The molecule has 2 heterocycles. The first kappa shape index (κ1) is 18.9. The quantitative estimate of drug-likeness (QED) is 0.762. The third-order valence-corrected chi connectivity index (χ3v) is 5.90. The number of hydrogen-bond acceptors (Lipinski definition) is 4. The van der Waals surface area contributed by atoms with Gasteiger partial charge in [-0.2, -0.15) is 23.4 Å². The molecule has 0 aliphatic heterocycles. The molecule has 0 radical (unpaired) electrons. The Kier molecular flexibility index (Phi) is 4.86. The van der Waals surface area contributed by atoms with Crippen LogP contribution >= 0.6 is 0 Å². The molecule has 1 aliphatic carbocycles. The van der Waals surface area contributed by atoms with E-state index < -0.39 is 21.9 Å². The maximum atomic E-state index is 13.3. The van der Waals surface area contributed by atoms with Gasteiger partial charge in [0, 0.05) is 31.9 Å². The number of fused-ring (bicyclic) bond motifs is 1. The van der Waals surface area contributed by atoms with Crippen molar-refractivity contribution in [3.63, 3.8) is 0 Å². The lowest BCUT2D eigenvalue weighted by Gasteiger charge is -2.12. The zero-order chi connectivity index (χ0) is 19.1. The normalized spacial score (nSPS) is 14.8. The lowest BCUT2D eigenvalue weighted by atomic mass is 10.2. The molecule has 2 aromatic rings. The summed E-state index contributed by atoms with van der Waals surface area (Å²) in [6.45, 7) is 1.59. The fourth-order valence-corrected chi connectivity index (χ4v) is 4.57. The molecule has 0 saturated carbocycles. The highest BCUT2D eigenvalue weighted by molar-refractivity contribution is 7.89. The van der Waals surface area contributed by atoms with E-state index in [9.17, 15) is 21.6 Å². The number of nitrogens with one attached hydrogen (secondary N) is 1. The van der Waals surface area contributed by atoms with E-state index in [1.165, 1.54) is 10.9 Å². The van der Waals surface area contributed by atoms with Crippen molar-refractivity contribution in [2.24, 2.45) is 7.05 Å². The van der Waals surface area contributed by atoms with Gasteiger partial charge in [-0.15, -0.1) is 0 Å². The highest BCUT2D eigenvalue weighted by Gasteiger charge is 2.40. The van der Waals surface area contributed by atoms with Crippen LogP contribution in [0.25, 0.3) is 0 Å². The lowest BCUT2D eigenvalue weighted by molar-refractivity contribution is -0.144. The summed E-state index contributed by atoms with van der Waals surface area (Å²) in [5.41, 5.74) is 0.451. The molecule has 144 valence electrons. The second-order valence-corrected chi connectivity index (χ2v) is 8.09. The third-order valence-electron chi connectivity index (χ3n) is 4.34. The van der Waals surface area contributed by atoms with Crippen molar-refractivity contribution < 1.29 is 21.6 Å². The Labute approximate surface area is 149 Å². The van der Waals surface area contributed by atoms with E-state index in [1.54, 1.807) is 14.0 Å². The van der Waals surface area contributed by atoms with Crippen molar-refractivity contribution in [3.8, 4) is 0 Å². The van der Waals surface area contributed by atoms with Gasteiger partial charge in [0.2, 0.25) is 10.0 Å². The fraction of sp³-hybridized carbons (Fsp3) is 0.600. The summed E-state index contributed by atoms with van der Waals surface area (Å²) in [7, 11) is -2.13. The Morgan fingerprint density at radius 3 is 2.62 bits per heavy atom. The van der Waals surface area contributed by atoms with Gasteiger partial charge in [0.15, 0.2) is 0 Å². The number of alkyl halides is 3. The number of hydrogen-bond donors (Lipinski definition) is 1. The Balaban J connectivity index is 1.65. The van der Waals surface area contributed by atoms with Crippen LogP contribution in [-0.2, 0) is 42.6 Å². The van der Waals surface area contributed by atoms with E-state index in [4.69, 9.17) is 0 Å². The molecule has 2 aromatic heterocycles. The summed E-state index contributed by atoms with van der Waals surface area (Å²) in [5.74, 6) is 0. The second kappa shape index (κ2) is 6.69. The molecular weight excluding hydrogens is 371 g/mol. The monoisotopic (exact) mass is 391 g/mol. The minimum absolute atomic E-state index is 0.00359. The van der Waals surface area contributed by atoms with Gasteiger partial charge in [-0.05, 0) is 32.6 Å². The molecule has 0 saturated heterocycles. The number of aromatic nitrogens is 4. The summed E-state index contributed by atoms with van der Waals surface area (Å²) in [5, 5.41) is 8.05. The fourth-order valence-electron chi connectivity index (χ4n) is 3.28. The number of aryl methyl sites for hydroxylation is 4. The maximum absolute atomic E-state index is 13.3. The summed E-state index contributed by atoms with van der Waals surface area (Å²) in [4.78, 5) is 0.0639. The maximum Gasteiger partial charge on any atom is 0.433 e. The molecule has 1 N–H and O–H groups in total. The van der Waals surface area contributed by atoms with Crippen LogP contribution in [0, 0.1) is 6.92 Å². The van der Waals surface area contributed by atoms with Gasteiger partial charge >= 0.3 is 6.18 Å². The standard InChI is InChI=1S/C15H20F3N5O2S/c1-10-13(9-22(2)20-10)26(24,25)19-7-4-8-23-14(15(16,17)18)11-5-3-6-12(11)21-23/h9,19H,3-8H2,1-2H3. The highest BCUT2D eigenvalue weighted by atomic mass is 32.2. The van der Waals surface area contributed by atoms with Crippen LogP contribution < -0.4 is 4.72 Å². The van der Waals surface area contributed by atoms with Gasteiger partial charge in [0.25, 0.3) is 0 Å². The largest absolute Gasteiger partial charge is 0.433 e. The van der Waals surface area contributed by atoms with Crippen LogP contribution in [0.1, 0.15) is 35.5 Å². The lowest BCUT2D eigenvalue weighted by Crippen LogP contribution is -2.26. The van der Waals surface area contributed by atoms with E-state index in [-0.39, 0.29) is 30.0 Å². The van der Waals surface area contributed by atoms with Crippen LogP contribution in [0.2, 0.25) is 0 Å². The molecule has 0 amide bonds. The third kappa shape index (κ3) is 3.63. The van der Waals surface area contributed by atoms with Crippen molar-refractivity contribution >= 4 is 10.0 Å². The summed E-state index contributed by atoms with van der Waals surface area (Å²) >= 11 is 0. The van der Waals surface area contributed by atoms with E-state index in [1.807, 2.05) is 0 Å². The molecule has 0 bridgehead atoms. The van der Waals surface area contributed by atoms with Gasteiger partial charge < -0.3 is 0 Å². The van der Waals surface area contributed by atoms with E-state index in [0.717, 1.165) is 4.68 Å². The first-order valence-corrected chi connectivity index (χ1v) is 9.73. The predicted molar refractivity (Wildman–Crippen MR) is 87.0 cm³/mol. The summed E-state index contributed by atoms with van der Waals surface area (Å²) in [6, 6.07) is 0. The topological polar surface area (TPSA) is 81.8 Å². The van der Waals surface area contributed by atoms with Gasteiger partial charge in [-0.3, -0.25) is 9.36 Å². The van der Waals surface area contributed by atoms with Gasteiger partial charge in [0.05, 0.1) is 11.4 Å². The average molecular weight is 391 g/mol. The van der Waals surface area contributed by atoms with Crippen LogP contribution in [0.15, 0.2) is 11.1 Å². The number of nitrogens with zero attached hydrogens (tertiary/aromatic N) is 4. The molecule has 26 heavy (non-hydrogen) atoms. The van der Waals surface area contributed by atoms with Crippen molar-refractivity contribution in [1.82, 2.24) is 24.3 Å². The Morgan fingerprint density at radius 2 is 2.00 bits per heavy atom. The summed E-state index contributed by atoms with van der Waals surface area (Å²) < 4.78 is 69.2. The second-order valence-electron chi connectivity index (χ2n) is 6.35. The summed E-state index contributed by atoms with van der Waals surface area (Å²) in [6.07, 6.45) is -1.25. The SMILES string of the molecule is Cc1nn(C)cc1S(=O)(=O)NCCCn1nc2c(c1C(F)(F)F)CCC2. The van der Waals surface area contributed by atoms with E-state index >= 15 is 0 Å². The van der Waals surface area contributed by atoms with Crippen molar-refractivity contribution in [3.05, 3.63) is 28.8 Å². The number of halogens is 3. The van der Waals surface area contributed by atoms with Crippen molar-refractivity contribution in [2.45, 2.75) is 50.2 Å². The first-order valence-electron chi connectivity index (χ1n) is 8.25. The Hall–Kier alpha value is -1.88. The van der Waals surface area contributed by atoms with E-state index in [0.29, 0.717) is 30.7 Å². The van der Waals surface area contributed by atoms with Crippen LogP contribution in [0.5, 0.6) is 0 Å². The molecule has 0 fully saturated rings. The first-order chi connectivity index (χ1) is 12.1. The van der Waals surface area contributed by atoms with Crippen molar-refractivity contribution in [1.29, 1.82) is 0 Å². The molecular formula is C15H20F3N5O2S. The van der Waals surface area contributed by atoms with Gasteiger partial charge in [-0.25, -0.2) is 13.1 Å². The average Bonchev–Trinajstić information content (AvgIpc) is 3.16. The predicted octanol–water partition coefficient (Wildman–Crippen LogP) is 1.80. The number of sulfonamides is 1. The van der Waals surface area contributed by atoms with Crippen LogP contribution in [0.3, 0.4) is 0 Å². The molecule has 1 aliphatic rings. The zero-order valence-electron chi connectivity index (χ0n) is 14.5. The molecule has 0 spiro atoms. The van der Waals surface area contributed by atoms with Gasteiger partial charge in [-0.1, -0.05) is 0 Å². The molecule has 0 unspecified atom stereocenters. The highest BCUT2D eigenvalue weighted by Crippen LogP contribution is 2.37. The Bertz CT molecular complexity index is 915. The van der Waals surface area contributed by atoms with Crippen LogP contribution in [0.4, 0.5) is 13.2 Å². The minimum Gasteiger partial charge on any atom is -0.274 e. The molecule has 0 aromatic carbocycles. The number of rotatable bonds is 6. The van der Waals surface area contributed by atoms with Gasteiger partial charge in [0.1, 0.15) is 10.6 Å². The van der Waals surface area contributed by atoms with Crippen molar-refractivity contribution in [2.75, 3.05) is 6.54 Å². The van der Waals surface area contributed by atoms with E-state index in [2.05, 4.69) is 14.9 Å². The zero-order valence-corrected chi connectivity index (χ0v) is 15.3. The molecule has 0 atom stereocenters. The molecule has 3 rings (SSSR count). The minimum atomic E-state index is -4.46. The Morgan fingerprint density at radius 1 is 1.27 bits per heavy atom. The smallest absolute Gasteiger partial charge is 0.274 e.